The summed E-state index contributed by atoms with van der Waals surface area (Å²) in [6, 6.07) is 2.05. The maximum Gasteiger partial charge on any atom is 0.472 e. The number of nitriles is 1. The first-order valence-corrected chi connectivity index (χ1v) is 8.87. The molecule has 0 saturated carbocycles. The molecule has 0 fully saturated rings. The minimum Gasteiger partial charge on any atom is -0.272 e. The highest BCUT2D eigenvalue weighted by Gasteiger charge is 2.52. The molecule has 0 aliphatic heterocycles. The molecule has 184 valence electrons. The van der Waals surface area contributed by atoms with Crippen LogP contribution in [0.5, 0.6) is 0 Å². The van der Waals surface area contributed by atoms with E-state index in [2.05, 4.69) is 10.9 Å². The molecule has 1 rings (SSSR count). The average molecular weight is 492 g/mol. The summed E-state index contributed by atoms with van der Waals surface area (Å²) in [6.07, 6.45) is -17.1. The third-order valence-corrected chi connectivity index (χ3v) is 4.48. The summed E-state index contributed by atoms with van der Waals surface area (Å²) in [6.45, 7) is 1.38. The molecule has 2 atom stereocenters. The summed E-state index contributed by atoms with van der Waals surface area (Å²) in [4.78, 5) is 24.3. The molecule has 15 heteroatoms. The van der Waals surface area contributed by atoms with Crippen molar-refractivity contribution in [2.75, 3.05) is 11.9 Å². The normalized spacial score (nSPS) is 15.4. The third kappa shape index (κ3) is 6.57. The third-order valence-electron chi connectivity index (χ3n) is 4.48. The number of carbonyl (C=O) groups excluding carboxylic acids is 2. The van der Waals surface area contributed by atoms with E-state index < -0.39 is 69.9 Å². The van der Waals surface area contributed by atoms with Crippen molar-refractivity contribution in [2.24, 2.45) is 5.92 Å². The van der Waals surface area contributed by atoms with Crippen LogP contribution in [-0.4, -0.2) is 36.8 Å². The molecular formula is C18H17F9N4O2. The van der Waals surface area contributed by atoms with Crippen LogP contribution in [-0.2, 0) is 15.8 Å². The van der Waals surface area contributed by atoms with Crippen LogP contribution in [0.2, 0.25) is 0 Å². The molecule has 0 saturated heterocycles. The molecule has 6 nitrogen and oxygen atoms in total. The van der Waals surface area contributed by atoms with E-state index >= 15 is 0 Å². The van der Waals surface area contributed by atoms with Crippen molar-refractivity contribution >= 4 is 17.5 Å². The zero-order valence-corrected chi connectivity index (χ0v) is 17.1. The molecule has 0 bridgehead atoms. The molecule has 0 aromatic heterocycles. The first-order valence-electron chi connectivity index (χ1n) is 8.87. The largest absolute Gasteiger partial charge is 0.472 e. The van der Waals surface area contributed by atoms with Crippen molar-refractivity contribution in [1.29, 1.82) is 5.26 Å². The Labute approximate surface area is 181 Å². The molecule has 2 amide bonds. The van der Waals surface area contributed by atoms with Gasteiger partial charge in [-0.2, -0.15) is 44.8 Å². The molecule has 1 aromatic rings. The number of alkyl halides is 9. The lowest BCUT2D eigenvalue weighted by Crippen LogP contribution is -2.63. The maximum atomic E-state index is 13.3. The number of halogens is 9. The predicted octanol–water partition coefficient (Wildman–Crippen LogP) is 4.07. The molecule has 0 spiro atoms. The van der Waals surface area contributed by atoms with E-state index in [1.165, 1.54) is 6.07 Å². The molecule has 0 aliphatic rings. The number of benzene rings is 1. The van der Waals surface area contributed by atoms with Crippen molar-refractivity contribution in [2.45, 2.75) is 44.3 Å². The lowest BCUT2D eigenvalue weighted by atomic mass is 9.88. The second-order valence-corrected chi connectivity index (χ2v) is 7.14. The summed E-state index contributed by atoms with van der Waals surface area (Å²) in [5.74, 6) is -7.11. The zero-order chi connectivity index (χ0) is 26.0. The monoisotopic (exact) mass is 492 g/mol. The fraction of sp³-hybridized carbons (Fsp3) is 0.500. The lowest BCUT2D eigenvalue weighted by Gasteiger charge is -2.36. The number of anilines is 1. The topological polar surface area (TPSA) is 85.2 Å². The predicted molar refractivity (Wildman–Crippen MR) is 95.1 cm³/mol. The Balaban J connectivity index is 3.75. The molecule has 0 aliphatic carbocycles. The molecule has 1 aromatic carbocycles. The number of amides is 2. The van der Waals surface area contributed by atoms with Gasteiger partial charge in [0.15, 0.2) is 0 Å². The molecule has 2 unspecified atom stereocenters. The fourth-order valence-corrected chi connectivity index (χ4v) is 2.90. The number of nitrogens with one attached hydrogen (secondary N) is 2. The van der Waals surface area contributed by atoms with Crippen molar-refractivity contribution in [3.8, 4) is 6.07 Å². The number of hydrazine groups is 1. The van der Waals surface area contributed by atoms with Crippen molar-refractivity contribution in [1.82, 2.24) is 10.9 Å². The molecule has 2 N–H and O–H groups in total. The second-order valence-electron chi connectivity index (χ2n) is 7.14. The van der Waals surface area contributed by atoms with Crippen molar-refractivity contribution in [3.63, 3.8) is 0 Å². The van der Waals surface area contributed by atoms with E-state index in [0.717, 1.165) is 14.0 Å². The van der Waals surface area contributed by atoms with Gasteiger partial charge in [-0.25, -0.2) is 10.3 Å². The number of nitrogens with zero attached hydrogens (tertiary/aromatic N) is 2. The number of hydrogen-bond donors (Lipinski definition) is 2. The summed E-state index contributed by atoms with van der Waals surface area (Å²) in [5, 5.41) is 8.83. The van der Waals surface area contributed by atoms with Gasteiger partial charge in [0.25, 0.3) is 5.91 Å². The Bertz CT molecular complexity index is 935. The van der Waals surface area contributed by atoms with Gasteiger partial charge in [-0.15, -0.1) is 0 Å². The Morgan fingerprint density at radius 1 is 1.06 bits per heavy atom. The summed E-state index contributed by atoms with van der Waals surface area (Å²) < 4.78 is 119. The highest BCUT2D eigenvalue weighted by molar-refractivity contribution is 6.19. The van der Waals surface area contributed by atoms with Gasteiger partial charge >= 0.3 is 24.4 Å². The van der Waals surface area contributed by atoms with Gasteiger partial charge in [-0.05, 0) is 38.6 Å². The van der Waals surface area contributed by atoms with E-state index in [-0.39, 0.29) is 6.07 Å². The second kappa shape index (κ2) is 9.56. The van der Waals surface area contributed by atoms with Crippen LogP contribution < -0.4 is 15.8 Å². The van der Waals surface area contributed by atoms with Crippen LogP contribution in [0.25, 0.3) is 0 Å². The van der Waals surface area contributed by atoms with Crippen molar-refractivity contribution in [3.05, 3.63) is 29.3 Å². The number of hydrogen-bond acceptors (Lipinski definition) is 5. The van der Waals surface area contributed by atoms with E-state index in [0.29, 0.717) is 19.1 Å². The Morgan fingerprint density at radius 2 is 1.61 bits per heavy atom. The van der Waals surface area contributed by atoms with Crippen LogP contribution in [0.1, 0.15) is 31.4 Å². The lowest BCUT2D eigenvalue weighted by molar-refractivity contribution is -0.177. The number of imide groups is 1. The van der Waals surface area contributed by atoms with Gasteiger partial charge < -0.3 is 0 Å². The minimum absolute atomic E-state index is 0.0346. The van der Waals surface area contributed by atoms with Gasteiger partial charge in [0.05, 0.1) is 28.8 Å². The molecular weight excluding hydrogens is 475 g/mol. The van der Waals surface area contributed by atoms with Crippen LogP contribution >= 0.6 is 0 Å². The first-order chi connectivity index (χ1) is 14.8. The summed E-state index contributed by atoms with van der Waals surface area (Å²) >= 11 is 0. The van der Waals surface area contributed by atoms with E-state index in [1.807, 2.05) is 0 Å². The highest BCUT2D eigenvalue weighted by atomic mass is 19.4. The molecule has 0 radical (unpaired) electrons. The Hall–Kier alpha value is -2.86. The Kier molecular flexibility index (Phi) is 8.16. The maximum absolute atomic E-state index is 13.3. The molecule has 0 heterocycles. The standard InChI is InChI=1S/C18H17F9N4O2/c1-9(16(19,20)21)7-15(2,30-29-3)13(32)31(14(33)18(25,26)27)11-5-4-10(8-28)12(6-11)17(22,23)24/h4-6,9,29-30H,7H2,1-3H3. The van der Waals surface area contributed by atoms with E-state index in [9.17, 15) is 49.1 Å². The average Bonchev–Trinajstić information content (AvgIpc) is 2.65. The van der Waals surface area contributed by atoms with Gasteiger partial charge in [-0.1, -0.05) is 6.92 Å². The van der Waals surface area contributed by atoms with E-state index in [4.69, 9.17) is 5.26 Å². The van der Waals surface area contributed by atoms with E-state index in [1.54, 1.807) is 0 Å². The summed E-state index contributed by atoms with van der Waals surface area (Å²) in [7, 11) is 1.07. The SMILES string of the molecule is CNNC(C)(CC(C)C(F)(F)F)C(=O)N(C(=O)C(F)(F)F)c1ccc(C#N)c(C(F)(F)F)c1. The first kappa shape index (κ1) is 28.2. The molecule has 33 heavy (non-hydrogen) atoms. The Morgan fingerprint density at radius 3 is 2.00 bits per heavy atom. The van der Waals surface area contributed by atoms with Crippen molar-refractivity contribution < 1.29 is 49.1 Å². The van der Waals surface area contributed by atoms with Gasteiger partial charge in [0, 0.05) is 0 Å². The quantitative estimate of drug-likeness (QED) is 0.462. The van der Waals surface area contributed by atoms with Gasteiger partial charge in [-0.3, -0.25) is 15.0 Å². The fourth-order valence-electron chi connectivity index (χ4n) is 2.90. The van der Waals surface area contributed by atoms with Crippen LogP contribution in [0.3, 0.4) is 0 Å². The smallest absolute Gasteiger partial charge is 0.272 e. The van der Waals surface area contributed by atoms with Crippen LogP contribution in [0, 0.1) is 17.2 Å². The number of carbonyl (C=O) groups is 2. The minimum atomic E-state index is -5.78. The van der Waals surface area contributed by atoms with Crippen LogP contribution in [0.4, 0.5) is 45.2 Å². The number of rotatable bonds is 6. The highest BCUT2D eigenvalue weighted by Crippen LogP contribution is 2.37. The van der Waals surface area contributed by atoms with Gasteiger partial charge in [0.2, 0.25) is 0 Å². The summed E-state index contributed by atoms with van der Waals surface area (Å²) in [5.41, 5.74) is -2.38. The zero-order valence-electron chi connectivity index (χ0n) is 17.1. The van der Waals surface area contributed by atoms with Crippen LogP contribution in [0.15, 0.2) is 18.2 Å². The van der Waals surface area contributed by atoms with Gasteiger partial charge in [0.1, 0.15) is 5.54 Å².